The highest BCUT2D eigenvalue weighted by Crippen LogP contribution is 2.40. The van der Waals surface area contributed by atoms with Crippen molar-refractivity contribution < 1.29 is 0 Å². The zero-order valence-electron chi connectivity index (χ0n) is 9.99. The fraction of sp³-hybridized carbons (Fsp3) is 0.750. The van der Waals surface area contributed by atoms with Gasteiger partial charge in [-0.3, -0.25) is 4.68 Å². The molecule has 1 heterocycles. The van der Waals surface area contributed by atoms with Gasteiger partial charge in [-0.2, -0.15) is 5.10 Å². The number of hydrogen-bond acceptors (Lipinski definition) is 2. The van der Waals surface area contributed by atoms with Crippen LogP contribution in [-0.2, 0) is 6.54 Å². The smallest absolute Gasteiger partial charge is 0.0696 e. The van der Waals surface area contributed by atoms with Gasteiger partial charge in [0.2, 0.25) is 0 Å². The molecular weight excluding hydrogens is 266 g/mol. The van der Waals surface area contributed by atoms with Crippen molar-refractivity contribution in [1.29, 1.82) is 0 Å². The maximum Gasteiger partial charge on any atom is 0.0696 e. The van der Waals surface area contributed by atoms with E-state index in [1.807, 2.05) is 10.9 Å². The van der Waals surface area contributed by atoms with E-state index in [9.17, 15) is 0 Å². The van der Waals surface area contributed by atoms with Crippen molar-refractivity contribution >= 4 is 15.9 Å². The van der Waals surface area contributed by atoms with Gasteiger partial charge < -0.3 is 5.73 Å². The second-order valence-corrected chi connectivity index (χ2v) is 5.65. The molecule has 1 aromatic rings. The highest BCUT2D eigenvalue weighted by molar-refractivity contribution is 9.10. The number of nitrogens with two attached hydrogens (primary N) is 1. The average Bonchev–Trinajstić information content (AvgIpc) is 2.83. The first-order valence-electron chi connectivity index (χ1n) is 6.12. The van der Waals surface area contributed by atoms with Crippen molar-refractivity contribution in [2.75, 3.05) is 0 Å². The van der Waals surface area contributed by atoms with Crippen molar-refractivity contribution in [3.8, 4) is 0 Å². The lowest BCUT2D eigenvalue weighted by atomic mass is 9.89. The molecule has 0 aliphatic heterocycles. The Morgan fingerprint density at radius 1 is 1.62 bits per heavy atom. The van der Waals surface area contributed by atoms with Crippen molar-refractivity contribution in [1.82, 2.24) is 9.78 Å². The third kappa shape index (κ3) is 2.05. The van der Waals surface area contributed by atoms with Crippen LogP contribution in [0.5, 0.6) is 0 Å². The molecule has 1 aromatic heterocycles. The maximum atomic E-state index is 6.42. The molecule has 16 heavy (non-hydrogen) atoms. The van der Waals surface area contributed by atoms with E-state index in [4.69, 9.17) is 5.73 Å². The lowest BCUT2D eigenvalue weighted by Gasteiger charge is -2.24. The molecule has 0 spiro atoms. The van der Waals surface area contributed by atoms with Gasteiger partial charge in [-0.05, 0) is 41.1 Å². The fourth-order valence-electron chi connectivity index (χ4n) is 2.87. The SMILES string of the molecule is CCn1ncc(Br)c1C(N)C1CCCC1C. The summed E-state index contributed by atoms with van der Waals surface area (Å²) in [5, 5.41) is 4.34. The number of halogens is 1. The van der Waals surface area contributed by atoms with Gasteiger partial charge in [0.25, 0.3) is 0 Å². The molecule has 3 nitrogen and oxygen atoms in total. The monoisotopic (exact) mass is 285 g/mol. The average molecular weight is 286 g/mol. The highest BCUT2D eigenvalue weighted by Gasteiger charge is 2.32. The Balaban J connectivity index is 2.25. The summed E-state index contributed by atoms with van der Waals surface area (Å²) in [7, 11) is 0. The van der Waals surface area contributed by atoms with Crippen LogP contribution in [0.2, 0.25) is 0 Å². The van der Waals surface area contributed by atoms with Crippen LogP contribution < -0.4 is 5.73 Å². The standard InChI is InChI=1S/C12H20BrN3/c1-3-16-12(10(13)7-15-16)11(14)9-6-4-5-8(9)2/h7-9,11H,3-6,14H2,1-2H3. The molecule has 0 aromatic carbocycles. The van der Waals surface area contributed by atoms with Gasteiger partial charge in [0.05, 0.1) is 22.4 Å². The predicted octanol–water partition coefficient (Wildman–Crippen LogP) is 3.10. The number of hydrogen-bond donors (Lipinski definition) is 1. The minimum Gasteiger partial charge on any atom is -0.322 e. The molecule has 90 valence electrons. The van der Waals surface area contributed by atoms with E-state index in [-0.39, 0.29) is 6.04 Å². The van der Waals surface area contributed by atoms with Crippen LogP contribution in [0.15, 0.2) is 10.7 Å². The topological polar surface area (TPSA) is 43.8 Å². The van der Waals surface area contributed by atoms with Crippen LogP contribution in [-0.4, -0.2) is 9.78 Å². The summed E-state index contributed by atoms with van der Waals surface area (Å²) in [5.74, 6) is 1.35. The first-order chi connectivity index (χ1) is 7.65. The summed E-state index contributed by atoms with van der Waals surface area (Å²) < 4.78 is 3.07. The minimum atomic E-state index is 0.120. The molecule has 4 heteroatoms. The molecule has 0 amide bonds. The van der Waals surface area contributed by atoms with Crippen LogP contribution in [0.4, 0.5) is 0 Å². The zero-order chi connectivity index (χ0) is 11.7. The predicted molar refractivity (Wildman–Crippen MR) is 69.0 cm³/mol. The third-order valence-electron chi connectivity index (χ3n) is 3.84. The molecule has 3 atom stereocenters. The summed E-state index contributed by atoms with van der Waals surface area (Å²) in [6.07, 6.45) is 5.75. The quantitative estimate of drug-likeness (QED) is 0.928. The van der Waals surface area contributed by atoms with Gasteiger partial charge in [0.15, 0.2) is 0 Å². The normalized spacial score (nSPS) is 27.2. The van der Waals surface area contributed by atoms with Gasteiger partial charge in [0, 0.05) is 6.54 Å². The van der Waals surface area contributed by atoms with Crippen LogP contribution in [0.1, 0.15) is 44.8 Å². The van der Waals surface area contributed by atoms with Gasteiger partial charge in [-0.1, -0.05) is 19.8 Å². The Morgan fingerprint density at radius 2 is 2.38 bits per heavy atom. The van der Waals surface area contributed by atoms with E-state index in [0.29, 0.717) is 5.92 Å². The summed E-state index contributed by atoms with van der Waals surface area (Å²) in [6.45, 7) is 5.31. The summed E-state index contributed by atoms with van der Waals surface area (Å²) in [6, 6.07) is 0.120. The van der Waals surface area contributed by atoms with E-state index in [1.54, 1.807) is 0 Å². The van der Waals surface area contributed by atoms with E-state index in [1.165, 1.54) is 25.0 Å². The first-order valence-corrected chi connectivity index (χ1v) is 6.91. The highest BCUT2D eigenvalue weighted by atomic mass is 79.9. The lowest BCUT2D eigenvalue weighted by Crippen LogP contribution is -2.26. The van der Waals surface area contributed by atoms with Crippen LogP contribution in [0.3, 0.4) is 0 Å². The van der Waals surface area contributed by atoms with E-state index in [0.717, 1.165) is 16.9 Å². The summed E-state index contributed by atoms with van der Waals surface area (Å²) in [4.78, 5) is 0. The largest absolute Gasteiger partial charge is 0.322 e. The van der Waals surface area contributed by atoms with Crippen LogP contribution >= 0.6 is 15.9 Å². The maximum absolute atomic E-state index is 6.42. The lowest BCUT2D eigenvalue weighted by molar-refractivity contribution is 0.335. The Morgan fingerprint density at radius 3 is 2.94 bits per heavy atom. The van der Waals surface area contributed by atoms with E-state index in [2.05, 4.69) is 34.9 Å². The van der Waals surface area contributed by atoms with Gasteiger partial charge in [-0.25, -0.2) is 0 Å². The number of rotatable bonds is 3. The first kappa shape index (κ1) is 12.1. The Hall–Kier alpha value is -0.350. The Bertz CT molecular complexity index is 361. The molecule has 2 rings (SSSR count). The molecule has 0 saturated heterocycles. The molecular formula is C12H20BrN3. The Labute approximate surface area is 106 Å². The molecule has 0 bridgehead atoms. The molecule has 3 unspecified atom stereocenters. The molecule has 2 N–H and O–H groups in total. The molecule has 1 fully saturated rings. The van der Waals surface area contributed by atoms with Gasteiger partial charge in [-0.15, -0.1) is 0 Å². The number of aromatic nitrogens is 2. The third-order valence-corrected chi connectivity index (χ3v) is 4.45. The summed E-state index contributed by atoms with van der Waals surface area (Å²) in [5.41, 5.74) is 7.59. The van der Waals surface area contributed by atoms with Crippen LogP contribution in [0, 0.1) is 11.8 Å². The number of aryl methyl sites for hydroxylation is 1. The van der Waals surface area contributed by atoms with E-state index >= 15 is 0 Å². The molecule has 1 aliphatic rings. The van der Waals surface area contributed by atoms with Crippen molar-refractivity contribution in [3.63, 3.8) is 0 Å². The number of nitrogens with zero attached hydrogens (tertiary/aromatic N) is 2. The molecule has 1 saturated carbocycles. The van der Waals surface area contributed by atoms with Gasteiger partial charge in [0.1, 0.15) is 0 Å². The van der Waals surface area contributed by atoms with Crippen molar-refractivity contribution in [2.24, 2.45) is 17.6 Å². The second-order valence-electron chi connectivity index (χ2n) is 4.79. The molecule has 0 radical (unpaired) electrons. The summed E-state index contributed by atoms with van der Waals surface area (Å²) >= 11 is 3.56. The second kappa shape index (κ2) is 4.88. The molecule has 1 aliphatic carbocycles. The fourth-order valence-corrected chi connectivity index (χ4v) is 3.43. The minimum absolute atomic E-state index is 0.120. The van der Waals surface area contributed by atoms with Crippen molar-refractivity contribution in [3.05, 3.63) is 16.4 Å². The van der Waals surface area contributed by atoms with E-state index < -0.39 is 0 Å². The van der Waals surface area contributed by atoms with Gasteiger partial charge >= 0.3 is 0 Å². The Kier molecular flexibility index (Phi) is 3.70. The zero-order valence-corrected chi connectivity index (χ0v) is 11.6. The van der Waals surface area contributed by atoms with Crippen LogP contribution in [0.25, 0.3) is 0 Å². The van der Waals surface area contributed by atoms with Crippen molar-refractivity contribution in [2.45, 2.75) is 45.7 Å².